The number of piperidine rings is 1. The summed E-state index contributed by atoms with van der Waals surface area (Å²) in [5, 5.41) is 0. The number of nitrogens with two attached hydrogens (primary N) is 1. The van der Waals surface area contributed by atoms with Crippen molar-refractivity contribution >= 4 is 17.2 Å². The predicted octanol–water partition coefficient (Wildman–Crippen LogP) is 3.70. The van der Waals surface area contributed by atoms with Crippen LogP contribution in [0.5, 0.6) is 0 Å². The Bertz CT molecular complexity index is 456. The van der Waals surface area contributed by atoms with Crippen molar-refractivity contribution in [1.29, 1.82) is 0 Å². The summed E-state index contributed by atoms with van der Waals surface area (Å²) in [7, 11) is 0. The van der Waals surface area contributed by atoms with Gasteiger partial charge in [0, 0.05) is 12.0 Å². The topological polar surface area (TPSA) is 29.3 Å². The summed E-state index contributed by atoms with van der Waals surface area (Å²) < 4.78 is 0. The Hall–Kier alpha value is -0.930. The van der Waals surface area contributed by atoms with Crippen molar-refractivity contribution in [3.63, 3.8) is 0 Å². The zero-order valence-electron chi connectivity index (χ0n) is 12.9. The lowest BCUT2D eigenvalue weighted by Gasteiger charge is -2.38. The minimum atomic E-state index is 0.0628. The number of rotatable bonds is 4. The summed E-state index contributed by atoms with van der Waals surface area (Å²) in [5.74, 6) is 0.602. The maximum Gasteiger partial charge on any atom is 0.0788 e. The van der Waals surface area contributed by atoms with Crippen LogP contribution in [0.3, 0.4) is 0 Å². The van der Waals surface area contributed by atoms with E-state index in [1.54, 1.807) is 0 Å². The van der Waals surface area contributed by atoms with Gasteiger partial charge < -0.3 is 5.73 Å². The first-order valence-electron chi connectivity index (χ1n) is 7.52. The number of benzene rings is 1. The van der Waals surface area contributed by atoms with E-state index in [4.69, 9.17) is 18.0 Å². The summed E-state index contributed by atoms with van der Waals surface area (Å²) in [5.41, 5.74) is 8.73. The second-order valence-electron chi connectivity index (χ2n) is 6.60. The summed E-state index contributed by atoms with van der Waals surface area (Å²) in [6, 6.07) is 9.03. The fraction of sp³-hybridized carbons (Fsp3) is 0.588. The van der Waals surface area contributed by atoms with Gasteiger partial charge in [-0.05, 0) is 43.0 Å². The van der Waals surface area contributed by atoms with Gasteiger partial charge in [-0.2, -0.15) is 0 Å². The maximum atomic E-state index is 5.86. The average molecular weight is 290 g/mol. The van der Waals surface area contributed by atoms with Crippen LogP contribution in [-0.4, -0.2) is 23.0 Å². The van der Waals surface area contributed by atoms with E-state index in [0.29, 0.717) is 10.9 Å². The van der Waals surface area contributed by atoms with E-state index in [2.05, 4.69) is 49.9 Å². The molecule has 110 valence electrons. The normalized spacial score (nSPS) is 19.2. The van der Waals surface area contributed by atoms with Gasteiger partial charge in [-0.1, -0.05) is 57.3 Å². The summed E-state index contributed by atoms with van der Waals surface area (Å²) >= 11 is 5.20. The lowest BCUT2D eigenvalue weighted by molar-refractivity contribution is 0.158. The Kier molecular flexibility index (Phi) is 4.82. The van der Waals surface area contributed by atoms with Gasteiger partial charge in [0.1, 0.15) is 0 Å². The first-order valence-corrected chi connectivity index (χ1v) is 7.93. The minimum Gasteiger partial charge on any atom is -0.393 e. The van der Waals surface area contributed by atoms with Crippen LogP contribution in [0.2, 0.25) is 0 Å². The van der Waals surface area contributed by atoms with Crippen LogP contribution >= 0.6 is 12.2 Å². The molecule has 0 bridgehead atoms. The van der Waals surface area contributed by atoms with E-state index in [9.17, 15) is 0 Å². The molecule has 2 nitrogen and oxygen atoms in total. The Morgan fingerprint density at radius 1 is 1.25 bits per heavy atom. The van der Waals surface area contributed by atoms with E-state index in [-0.39, 0.29) is 5.41 Å². The van der Waals surface area contributed by atoms with Crippen molar-refractivity contribution in [2.24, 2.45) is 11.1 Å². The van der Waals surface area contributed by atoms with E-state index >= 15 is 0 Å². The molecule has 0 radical (unpaired) electrons. The molecule has 1 saturated heterocycles. The number of hydrogen-bond acceptors (Lipinski definition) is 2. The Morgan fingerprint density at radius 3 is 2.25 bits per heavy atom. The highest BCUT2D eigenvalue weighted by Gasteiger charge is 2.32. The molecule has 0 aliphatic carbocycles. The van der Waals surface area contributed by atoms with Crippen molar-refractivity contribution in [3.8, 4) is 0 Å². The maximum absolute atomic E-state index is 5.86. The molecule has 2 rings (SSSR count). The van der Waals surface area contributed by atoms with E-state index in [0.717, 1.165) is 32.5 Å². The van der Waals surface area contributed by atoms with Crippen LogP contribution in [-0.2, 0) is 6.54 Å². The van der Waals surface area contributed by atoms with Gasteiger partial charge in [0.25, 0.3) is 0 Å². The second-order valence-corrected chi connectivity index (χ2v) is 7.04. The first kappa shape index (κ1) is 15.5. The predicted molar refractivity (Wildman–Crippen MR) is 89.9 cm³/mol. The second kappa shape index (κ2) is 6.23. The molecule has 1 aliphatic rings. The zero-order chi connectivity index (χ0) is 14.8. The lowest BCUT2D eigenvalue weighted by atomic mass is 9.80. The molecular weight excluding hydrogens is 264 g/mol. The highest BCUT2D eigenvalue weighted by atomic mass is 32.1. The van der Waals surface area contributed by atoms with Crippen LogP contribution in [0, 0.1) is 5.41 Å². The smallest absolute Gasteiger partial charge is 0.0788 e. The first-order chi connectivity index (χ1) is 9.40. The van der Waals surface area contributed by atoms with Crippen molar-refractivity contribution in [1.82, 2.24) is 4.90 Å². The Labute approximate surface area is 128 Å². The molecule has 1 aromatic carbocycles. The molecule has 2 N–H and O–H groups in total. The number of likely N-dealkylation sites (tertiary alicyclic amines) is 1. The molecule has 3 heteroatoms. The third-order valence-corrected chi connectivity index (χ3v) is 5.10. The van der Waals surface area contributed by atoms with Gasteiger partial charge in [-0.25, -0.2) is 0 Å². The fourth-order valence-electron chi connectivity index (χ4n) is 2.72. The SMILES string of the molecule is CC(C)c1ccc(CN2CCC(C)(C(N)=S)CC2)cc1. The number of nitrogens with zero attached hydrogens (tertiary/aromatic N) is 1. The van der Waals surface area contributed by atoms with Crippen LogP contribution in [0.15, 0.2) is 24.3 Å². The molecule has 0 saturated carbocycles. The average Bonchev–Trinajstić information content (AvgIpc) is 2.42. The molecule has 0 spiro atoms. The molecule has 1 aromatic rings. The van der Waals surface area contributed by atoms with Crippen molar-refractivity contribution in [3.05, 3.63) is 35.4 Å². The fourth-order valence-corrected chi connectivity index (χ4v) is 2.92. The lowest BCUT2D eigenvalue weighted by Crippen LogP contribution is -2.44. The third-order valence-electron chi connectivity index (χ3n) is 4.61. The van der Waals surface area contributed by atoms with Gasteiger partial charge >= 0.3 is 0 Å². The highest BCUT2D eigenvalue weighted by Crippen LogP contribution is 2.31. The van der Waals surface area contributed by atoms with Crippen LogP contribution in [0.25, 0.3) is 0 Å². The van der Waals surface area contributed by atoms with Crippen LogP contribution in [0.1, 0.15) is 50.7 Å². The highest BCUT2D eigenvalue weighted by molar-refractivity contribution is 7.80. The summed E-state index contributed by atoms with van der Waals surface area (Å²) in [6.45, 7) is 9.86. The van der Waals surface area contributed by atoms with Crippen molar-refractivity contribution in [2.45, 2.75) is 46.1 Å². The molecule has 0 amide bonds. The number of thiocarbonyl (C=S) groups is 1. The van der Waals surface area contributed by atoms with Crippen molar-refractivity contribution in [2.75, 3.05) is 13.1 Å². The van der Waals surface area contributed by atoms with Gasteiger partial charge in [0.2, 0.25) is 0 Å². The van der Waals surface area contributed by atoms with Gasteiger partial charge in [-0.15, -0.1) is 0 Å². The Balaban J connectivity index is 1.91. The zero-order valence-corrected chi connectivity index (χ0v) is 13.7. The third kappa shape index (κ3) is 3.58. The van der Waals surface area contributed by atoms with Gasteiger partial charge in [-0.3, -0.25) is 4.90 Å². The van der Waals surface area contributed by atoms with E-state index in [1.807, 2.05) is 0 Å². The molecule has 1 aliphatic heterocycles. The van der Waals surface area contributed by atoms with Gasteiger partial charge in [0.05, 0.1) is 4.99 Å². The van der Waals surface area contributed by atoms with Crippen LogP contribution < -0.4 is 5.73 Å². The standard InChI is InChI=1S/C17H26N2S/c1-13(2)15-6-4-14(5-7-15)12-19-10-8-17(3,9-11-19)16(18)20/h4-7,13H,8-12H2,1-3H3,(H2,18,20). The quantitative estimate of drug-likeness (QED) is 0.857. The molecule has 0 aromatic heterocycles. The van der Waals surface area contributed by atoms with Gasteiger partial charge in [0.15, 0.2) is 0 Å². The Morgan fingerprint density at radius 2 is 1.80 bits per heavy atom. The monoisotopic (exact) mass is 290 g/mol. The van der Waals surface area contributed by atoms with Crippen molar-refractivity contribution < 1.29 is 0 Å². The molecule has 20 heavy (non-hydrogen) atoms. The molecule has 1 heterocycles. The molecule has 0 atom stereocenters. The number of hydrogen-bond donors (Lipinski definition) is 1. The van der Waals surface area contributed by atoms with Crippen LogP contribution in [0.4, 0.5) is 0 Å². The van der Waals surface area contributed by atoms with E-state index in [1.165, 1.54) is 11.1 Å². The largest absolute Gasteiger partial charge is 0.393 e. The van der Waals surface area contributed by atoms with E-state index < -0.39 is 0 Å². The summed E-state index contributed by atoms with van der Waals surface area (Å²) in [6.07, 6.45) is 2.15. The summed E-state index contributed by atoms with van der Waals surface area (Å²) in [4.78, 5) is 3.18. The molecular formula is C17H26N2S. The molecule has 1 fully saturated rings. The molecule has 0 unspecified atom stereocenters. The minimum absolute atomic E-state index is 0.0628.